The monoisotopic (exact) mass is 261 g/mol. The molecule has 0 saturated heterocycles. The Kier molecular flexibility index (Phi) is 3.48. The van der Waals surface area contributed by atoms with Gasteiger partial charge in [-0.25, -0.2) is 13.4 Å². The van der Waals surface area contributed by atoms with Crippen LogP contribution < -0.4 is 0 Å². The Morgan fingerprint density at radius 3 is 2.56 bits per heavy atom. The zero-order valence-corrected chi connectivity index (χ0v) is 11.2. The number of sulfone groups is 1. The average molecular weight is 261 g/mol. The Morgan fingerprint density at radius 1 is 1.11 bits per heavy atom. The molecule has 18 heavy (non-hydrogen) atoms. The van der Waals surface area contributed by atoms with E-state index in [9.17, 15) is 8.42 Å². The third-order valence-corrected chi connectivity index (χ3v) is 4.38. The Bertz CT molecular complexity index is 649. The van der Waals surface area contributed by atoms with Crippen molar-refractivity contribution in [2.24, 2.45) is 0 Å². The normalized spacial score (nSPS) is 11.4. The Hall–Kier alpha value is -1.68. The van der Waals surface area contributed by atoms with Crippen molar-refractivity contribution in [1.82, 2.24) is 4.98 Å². The van der Waals surface area contributed by atoms with Crippen molar-refractivity contribution >= 4 is 9.84 Å². The van der Waals surface area contributed by atoms with Gasteiger partial charge in [-0.1, -0.05) is 29.8 Å². The second kappa shape index (κ2) is 4.90. The number of hydrogen-bond acceptors (Lipinski definition) is 3. The van der Waals surface area contributed by atoms with E-state index in [1.165, 1.54) is 12.3 Å². The SMILES string of the molecule is Cc1ccc(C)c(CS(=O)(=O)c2ccccn2)c1. The molecule has 0 aliphatic carbocycles. The van der Waals surface area contributed by atoms with Gasteiger partial charge in [0.25, 0.3) is 0 Å². The predicted molar refractivity (Wildman–Crippen MR) is 71.0 cm³/mol. The van der Waals surface area contributed by atoms with Crippen LogP contribution in [0.2, 0.25) is 0 Å². The van der Waals surface area contributed by atoms with Crippen LogP contribution in [-0.4, -0.2) is 13.4 Å². The van der Waals surface area contributed by atoms with E-state index in [0.717, 1.165) is 16.7 Å². The fourth-order valence-electron chi connectivity index (χ4n) is 1.77. The van der Waals surface area contributed by atoms with Crippen LogP contribution in [0.1, 0.15) is 16.7 Å². The largest absolute Gasteiger partial charge is 0.245 e. The van der Waals surface area contributed by atoms with Gasteiger partial charge in [0.1, 0.15) is 0 Å². The van der Waals surface area contributed by atoms with Gasteiger partial charge in [0.05, 0.1) is 5.75 Å². The molecule has 0 unspecified atom stereocenters. The molecule has 0 N–H and O–H groups in total. The van der Waals surface area contributed by atoms with Crippen molar-refractivity contribution in [3.05, 3.63) is 59.3 Å². The summed E-state index contributed by atoms with van der Waals surface area (Å²) in [5, 5.41) is 0.130. The van der Waals surface area contributed by atoms with Gasteiger partial charge in [0, 0.05) is 6.20 Å². The molecule has 1 aromatic heterocycles. The molecule has 0 aliphatic heterocycles. The smallest absolute Gasteiger partial charge is 0.199 e. The first-order valence-corrected chi connectivity index (χ1v) is 7.34. The third kappa shape index (κ3) is 2.76. The zero-order chi connectivity index (χ0) is 13.2. The molecule has 0 amide bonds. The number of aromatic nitrogens is 1. The van der Waals surface area contributed by atoms with Crippen LogP contribution in [0.15, 0.2) is 47.6 Å². The fourth-order valence-corrected chi connectivity index (χ4v) is 3.14. The molecular formula is C14H15NO2S. The summed E-state index contributed by atoms with van der Waals surface area (Å²) in [6, 6.07) is 10.8. The molecule has 0 saturated carbocycles. The van der Waals surface area contributed by atoms with Crippen molar-refractivity contribution in [2.75, 3.05) is 0 Å². The fraction of sp³-hybridized carbons (Fsp3) is 0.214. The van der Waals surface area contributed by atoms with Crippen LogP contribution in [0.3, 0.4) is 0 Å². The van der Waals surface area contributed by atoms with Crippen LogP contribution in [0.25, 0.3) is 0 Å². The maximum atomic E-state index is 12.2. The van der Waals surface area contributed by atoms with E-state index in [0.29, 0.717) is 0 Å². The van der Waals surface area contributed by atoms with E-state index in [1.807, 2.05) is 32.0 Å². The molecule has 2 aromatic rings. The summed E-state index contributed by atoms with van der Waals surface area (Å²) in [5.74, 6) is -0.00245. The van der Waals surface area contributed by atoms with Crippen molar-refractivity contribution < 1.29 is 8.42 Å². The lowest BCUT2D eigenvalue weighted by atomic mass is 10.1. The number of nitrogens with zero attached hydrogens (tertiary/aromatic N) is 1. The lowest BCUT2D eigenvalue weighted by Gasteiger charge is -2.07. The van der Waals surface area contributed by atoms with E-state index < -0.39 is 9.84 Å². The summed E-state index contributed by atoms with van der Waals surface area (Å²) in [5.41, 5.74) is 2.88. The maximum Gasteiger partial charge on any atom is 0.199 e. The van der Waals surface area contributed by atoms with Crippen molar-refractivity contribution in [1.29, 1.82) is 0 Å². The molecule has 0 radical (unpaired) electrons. The van der Waals surface area contributed by atoms with Crippen LogP contribution in [0.5, 0.6) is 0 Å². The molecule has 0 atom stereocenters. The average Bonchev–Trinajstić information content (AvgIpc) is 2.35. The molecule has 1 heterocycles. The highest BCUT2D eigenvalue weighted by molar-refractivity contribution is 7.90. The Balaban J connectivity index is 2.37. The highest BCUT2D eigenvalue weighted by atomic mass is 32.2. The molecular weight excluding hydrogens is 246 g/mol. The molecule has 0 spiro atoms. The molecule has 0 bridgehead atoms. The molecule has 3 nitrogen and oxygen atoms in total. The van der Waals surface area contributed by atoms with Crippen LogP contribution in [0.4, 0.5) is 0 Å². The van der Waals surface area contributed by atoms with Gasteiger partial charge in [0.2, 0.25) is 0 Å². The van der Waals surface area contributed by atoms with Crippen molar-refractivity contribution in [3.63, 3.8) is 0 Å². The van der Waals surface area contributed by atoms with E-state index in [4.69, 9.17) is 0 Å². The van der Waals surface area contributed by atoms with Gasteiger partial charge in [-0.15, -0.1) is 0 Å². The van der Waals surface area contributed by atoms with Gasteiger partial charge in [-0.05, 0) is 37.1 Å². The van der Waals surface area contributed by atoms with Gasteiger partial charge in [0.15, 0.2) is 14.9 Å². The number of benzene rings is 1. The molecule has 0 fully saturated rings. The molecule has 1 aromatic carbocycles. The lowest BCUT2D eigenvalue weighted by Crippen LogP contribution is -2.08. The summed E-state index contributed by atoms with van der Waals surface area (Å²) in [6.45, 7) is 3.87. The van der Waals surface area contributed by atoms with Crippen LogP contribution in [0, 0.1) is 13.8 Å². The Morgan fingerprint density at radius 2 is 1.89 bits per heavy atom. The van der Waals surface area contributed by atoms with Crippen LogP contribution in [-0.2, 0) is 15.6 Å². The van der Waals surface area contributed by atoms with E-state index in [1.54, 1.807) is 12.1 Å². The van der Waals surface area contributed by atoms with Gasteiger partial charge >= 0.3 is 0 Å². The minimum Gasteiger partial charge on any atom is -0.245 e. The van der Waals surface area contributed by atoms with Crippen molar-refractivity contribution in [3.8, 4) is 0 Å². The minimum atomic E-state index is -3.36. The summed E-state index contributed by atoms with van der Waals surface area (Å²) in [7, 11) is -3.36. The van der Waals surface area contributed by atoms with Crippen molar-refractivity contribution in [2.45, 2.75) is 24.6 Å². The maximum absolute atomic E-state index is 12.2. The third-order valence-electron chi connectivity index (χ3n) is 2.81. The molecule has 94 valence electrons. The summed E-state index contributed by atoms with van der Waals surface area (Å²) >= 11 is 0. The lowest BCUT2D eigenvalue weighted by molar-refractivity contribution is 0.591. The second-order valence-corrected chi connectivity index (χ2v) is 6.29. The number of pyridine rings is 1. The first-order valence-electron chi connectivity index (χ1n) is 5.69. The first kappa shape index (κ1) is 12.8. The van der Waals surface area contributed by atoms with E-state index in [2.05, 4.69) is 4.98 Å². The number of aryl methyl sites for hydroxylation is 2. The van der Waals surface area contributed by atoms with Gasteiger partial charge in [-0.3, -0.25) is 0 Å². The highest BCUT2D eigenvalue weighted by Crippen LogP contribution is 2.18. The van der Waals surface area contributed by atoms with E-state index in [-0.39, 0.29) is 10.8 Å². The minimum absolute atomic E-state index is 0.00245. The molecule has 2 rings (SSSR count). The van der Waals surface area contributed by atoms with Gasteiger partial charge < -0.3 is 0 Å². The zero-order valence-electron chi connectivity index (χ0n) is 10.4. The summed E-state index contributed by atoms with van der Waals surface area (Å²) < 4.78 is 24.4. The quantitative estimate of drug-likeness (QED) is 0.853. The van der Waals surface area contributed by atoms with Crippen LogP contribution >= 0.6 is 0 Å². The summed E-state index contributed by atoms with van der Waals surface area (Å²) in [6.07, 6.45) is 1.50. The first-order chi connectivity index (χ1) is 8.49. The molecule has 0 aliphatic rings. The molecule has 4 heteroatoms. The number of rotatable bonds is 3. The standard InChI is InChI=1S/C14H15NO2S/c1-11-6-7-12(2)13(9-11)10-18(16,17)14-5-3-4-8-15-14/h3-9H,10H2,1-2H3. The predicted octanol–water partition coefficient (Wildman–Crippen LogP) is 2.67. The summed E-state index contributed by atoms with van der Waals surface area (Å²) in [4.78, 5) is 3.91. The Labute approximate surface area is 107 Å². The number of hydrogen-bond donors (Lipinski definition) is 0. The van der Waals surface area contributed by atoms with E-state index >= 15 is 0 Å². The van der Waals surface area contributed by atoms with Gasteiger partial charge in [-0.2, -0.15) is 0 Å². The second-order valence-electron chi connectivity index (χ2n) is 4.36. The topological polar surface area (TPSA) is 47.0 Å². The highest BCUT2D eigenvalue weighted by Gasteiger charge is 2.17.